The minimum Gasteiger partial charge on any atom is -0.494 e. The van der Waals surface area contributed by atoms with E-state index in [1.54, 1.807) is 48.5 Å². The monoisotopic (exact) mass is 626 g/mol. The summed E-state index contributed by atoms with van der Waals surface area (Å²) >= 11 is 0. The predicted octanol–water partition coefficient (Wildman–Crippen LogP) is 6.63. The molecule has 13 nitrogen and oxygen atoms in total. The van der Waals surface area contributed by atoms with E-state index in [1.165, 1.54) is 0 Å². The van der Waals surface area contributed by atoms with Crippen LogP contribution >= 0.6 is 0 Å². The SMILES string of the molecule is CC(C)OCCCNC(=O)[C@]1(Cc2ccccc2N=[N+]=[N-])N=C(c2ccc(OCCCO)cc2)O[C@@H]1c1ccccc1CN=[N+]=[N-]. The standard InChI is InChI=1S/C33H38N8O5/c1-23(2)44-19-7-17-36-32(43)33(21-25-9-4-6-12-29(25)39-41-35)30(28-11-5-3-10-26(28)22-37-40-34)46-31(38-33)24-13-15-27(16-14-24)45-20-8-18-42/h3-6,9-16,23,30,42H,7-8,17-22H2,1-2H3,(H,36,43)/t30-,33-/m1/s1. The third kappa shape index (κ3) is 8.56. The molecule has 3 aromatic rings. The number of rotatable bonds is 17. The first-order valence-corrected chi connectivity index (χ1v) is 15.1. The van der Waals surface area contributed by atoms with Gasteiger partial charge in [0.1, 0.15) is 5.75 Å². The van der Waals surface area contributed by atoms with Gasteiger partial charge in [-0.05, 0) is 72.3 Å². The minimum atomic E-state index is -1.54. The Morgan fingerprint density at radius 3 is 2.48 bits per heavy atom. The number of amides is 1. The molecule has 0 fully saturated rings. The smallest absolute Gasteiger partial charge is 0.252 e. The first-order chi connectivity index (χ1) is 22.4. The molecule has 46 heavy (non-hydrogen) atoms. The lowest BCUT2D eigenvalue weighted by atomic mass is 9.80. The van der Waals surface area contributed by atoms with E-state index in [0.717, 1.165) is 0 Å². The molecule has 1 amide bonds. The largest absolute Gasteiger partial charge is 0.494 e. The first-order valence-electron chi connectivity index (χ1n) is 15.1. The molecule has 4 rings (SSSR count). The minimum absolute atomic E-state index is 0.0307. The molecule has 1 aliphatic heterocycles. The van der Waals surface area contributed by atoms with Crippen molar-refractivity contribution in [3.05, 3.63) is 116 Å². The van der Waals surface area contributed by atoms with Gasteiger partial charge in [-0.2, -0.15) is 0 Å². The predicted molar refractivity (Wildman–Crippen MR) is 174 cm³/mol. The van der Waals surface area contributed by atoms with Gasteiger partial charge in [-0.1, -0.05) is 58.8 Å². The van der Waals surface area contributed by atoms with Crippen molar-refractivity contribution < 1.29 is 24.1 Å². The zero-order chi connectivity index (χ0) is 32.8. The molecule has 2 atom stereocenters. The summed E-state index contributed by atoms with van der Waals surface area (Å²) in [5.74, 6) is 0.475. The Morgan fingerprint density at radius 1 is 1.02 bits per heavy atom. The Bertz CT molecular complexity index is 1600. The van der Waals surface area contributed by atoms with E-state index in [1.807, 2.05) is 38.1 Å². The fourth-order valence-electron chi connectivity index (χ4n) is 5.14. The highest BCUT2D eigenvalue weighted by Gasteiger charge is 2.54. The number of aliphatic hydroxyl groups excluding tert-OH is 1. The normalized spacial score (nSPS) is 17.0. The van der Waals surface area contributed by atoms with Gasteiger partial charge in [0.15, 0.2) is 11.6 Å². The second-order valence-electron chi connectivity index (χ2n) is 10.9. The van der Waals surface area contributed by atoms with Gasteiger partial charge in [-0.25, -0.2) is 4.99 Å². The van der Waals surface area contributed by atoms with Crippen molar-refractivity contribution in [2.75, 3.05) is 26.4 Å². The van der Waals surface area contributed by atoms with Gasteiger partial charge >= 0.3 is 0 Å². The molecule has 2 N–H and O–H groups in total. The summed E-state index contributed by atoms with van der Waals surface area (Å²) in [5.41, 5.74) is 19.7. The summed E-state index contributed by atoms with van der Waals surface area (Å²) in [4.78, 5) is 25.4. The Balaban J connectivity index is 1.82. The first kappa shape index (κ1) is 33.8. The number of carbonyl (C=O) groups is 1. The maximum atomic E-state index is 14.5. The molecule has 13 heteroatoms. The number of aliphatic imine (C=N–C) groups is 1. The lowest BCUT2D eigenvalue weighted by Gasteiger charge is -2.32. The van der Waals surface area contributed by atoms with Crippen molar-refractivity contribution in [2.24, 2.45) is 15.2 Å². The Kier molecular flexibility index (Phi) is 12.4. The molecule has 3 aromatic carbocycles. The number of nitrogens with zero attached hydrogens (tertiary/aromatic N) is 7. The fourth-order valence-corrected chi connectivity index (χ4v) is 5.14. The molecule has 0 radical (unpaired) electrons. The van der Waals surface area contributed by atoms with Gasteiger partial charge in [-0.15, -0.1) is 0 Å². The molecule has 0 saturated heterocycles. The summed E-state index contributed by atoms with van der Waals surface area (Å²) < 4.78 is 18.0. The van der Waals surface area contributed by atoms with Crippen molar-refractivity contribution in [3.63, 3.8) is 0 Å². The van der Waals surface area contributed by atoms with Gasteiger partial charge in [0.05, 0.1) is 19.3 Å². The second kappa shape index (κ2) is 16.9. The van der Waals surface area contributed by atoms with E-state index < -0.39 is 11.6 Å². The van der Waals surface area contributed by atoms with Crippen molar-refractivity contribution >= 4 is 17.5 Å². The van der Waals surface area contributed by atoms with E-state index in [0.29, 0.717) is 66.3 Å². The zero-order valence-electron chi connectivity index (χ0n) is 26.0. The van der Waals surface area contributed by atoms with E-state index in [9.17, 15) is 10.3 Å². The lowest BCUT2D eigenvalue weighted by Crippen LogP contribution is -2.50. The van der Waals surface area contributed by atoms with E-state index in [2.05, 4.69) is 25.4 Å². The van der Waals surface area contributed by atoms with Gasteiger partial charge in [0, 0.05) is 53.7 Å². The number of ether oxygens (including phenoxy) is 3. The number of aliphatic hydroxyl groups is 1. The molecular formula is C33H38N8O5. The number of carbonyl (C=O) groups excluding carboxylic acids is 1. The summed E-state index contributed by atoms with van der Waals surface area (Å²) in [6.45, 7) is 5.15. The van der Waals surface area contributed by atoms with Crippen LogP contribution in [0.25, 0.3) is 20.9 Å². The third-order valence-corrected chi connectivity index (χ3v) is 7.33. The molecule has 0 aliphatic carbocycles. The van der Waals surface area contributed by atoms with Gasteiger partial charge < -0.3 is 24.6 Å². The molecular weight excluding hydrogens is 588 g/mol. The number of benzene rings is 3. The van der Waals surface area contributed by atoms with Crippen LogP contribution in [0.5, 0.6) is 5.75 Å². The molecule has 0 unspecified atom stereocenters. The average Bonchev–Trinajstić information content (AvgIpc) is 3.45. The van der Waals surface area contributed by atoms with E-state index in [4.69, 9.17) is 29.8 Å². The van der Waals surface area contributed by atoms with Crippen LogP contribution in [0.4, 0.5) is 5.69 Å². The van der Waals surface area contributed by atoms with Crippen LogP contribution in [0, 0.1) is 0 Å². The fraction of sp³-hybridized carbons (Fsp3) is 0.394. The van der Waals surface area contributed by atoms with Gasteiger partial charge in [-0.3, -0.25) is 4.79 Å². The maximum absolute atomic E-state index is 14.5. The topological polar surface area (TPSA) is 187 Å². The Hall–Kier alpha value is -5.06. The summed E-state index contributed by atoms with van der Waals surface area (Å²) in [6.07, 6.45) is 0.274. The molecule has 0 aromatic heterocycles. The molecule has 240 valence electrons. The maximum Gasteiger partial charge on any atom is 0.252 e. The number of nitrogens with one attached hydrogen (secondary N) is 1. The van der Waals surface area contributed by atoms with Gasteiger partial charge in [0.2, 0.25) is 5.90 Å². The van der Waals surface area contributed by atoms with E-state index in [-0.39, 0.29) is 37.5 Å². The number of azide groups is 2. The Labute approximate surface area is 267 Å². The van der Waals surface area contributed by atoms with Crippen molar-refractivity contribution in [1.29, 1.82) is 0 Å². The number of hydrogen-bond acceptors (Lipinski definition) is 8. The van der Waals surface area contributed by atoms with Gasteiger partial charge in [0.25, 0.3) is 5.91 Å². The quantitative estimate of drug-likeness (QED) is 0.0735. The molecule has 0 saturated carbocycles. The van der Waals surface area contributed by atoms with E-state index >= 15 is 0 Å². The zero-order valence-corrected chi connectivity index (χ0v) is 26.0. The van der Waals surface area contributed by atoms with Crippen molar-refractivity contribution in [3.8, 4) is 5.75 Å². The van der Waals surface area contributed by atoms with Crippen LogP contribution in [0.15, 0.2) is 88.0 Å². The van der Waals surface area contributed by atoms with Crippen LogP contribution in [0.1, 0.15) is 55.0 Å². The highest BCUT2D eigenvalue weighted by molar-refractivity contribution is 6.01. The van der Waals surface area contributed by atoms with Crippen LogP contribution < -0.4 is 10.1 Å². The highest BCUT2D eigenvalue weighted by atomic mass is 16.5. The van der Waals surface area contributed by atoms with Crippen LogP contribution in [-0.2, 0) is 27.2 Å². The molecule has 1 aliphatic rings. The van der Waals surface area contributed by atoms with Crippen LogP contribution in [0.3, 0.4) is 0 Å². The number of hydrogen-bond donors (Lipinski definition) is 2. The Morgan fingerprint density at radius 2 is 1.76 bits per heavy atom. The summed E-state index contributed by atoms with van der Waals surface area (Å²) in [5, 5.41) is 19.8. The lowest BCUT2D eigenvalue weighted by molar-refractivity contribution is -0.129. The second-order valence-corrected chi connectivity index (χ2v) is 10.9. The van der Waals surface area contributed by atoms with Crippen molar-refractivity contribution in [1.82, 2.24) is 5.32 Å². The van der Waals surface area contributed by atoms with Crippen LogP contribution in [0.2, 0.25) is 0 Å². The summed E-state index contributed by atoms with van der Waals surface area (Å²) in [6, 6.07) is 21.5. The highest BCUT2D eigenvalue weighted by Crippen LogP contribution is 2.44. The summed E-state index contributed by atoms with van der Waals surface area (Å²) in [7, 11) is 0. The molecule has 1 heterocycles. The van der Waals surface area contributed by atoms with Crippen LogP contribution in [-0.4, -0.2) is 54.9 Å². The van der Waals surface area contributed by atoms with Crippen molar-refractivity contribution in [2.45, 2.75) is 57.4 Å². The molecule has 0 bridgehead atoms. The third-order valence-electron chi connectivity index (χ3n) is 7.33. The molecule has 0 spiro atoms. The average molecular weight is 627 g/mol.